The van der Waals surface area contributed by atoms with E-state index in [-0.39, 0.29) is 11.7 Å². The van der Waals surface area contributed by atoms with Gasteiger partial charge in [0, 0.05) is 12.6 Å². The molecule has 1 aromatic heterocycles. The maximum absolute atomic E-state index is 11.5. The van der Waals surface area contributed by atoms with Crippen LogP contribution in [0.2, 0.25) is 0 Å². The third-order valence-corrected chi connectivity index (χ3v) is 2.10. The van der Waals surface area contributed by atoms with E-state index >= 15 is 0 Å². The molecule has 0 fully saturated rings. The summed E-state index contributed by atoms with van der Waals surface area (Å²) in [7, 11) is 0. The van der Waals surface area contributed by atoms with Gasteiger partial charge in [-0.1, -0.05) is 19.0 Å². The van der Waals surface area contributed by atoms with E-state index in [2.05, 4.69) is 24.3 Å². The van der Waals surface area contributed by atoms with Crippen molar-refractivity contribution < 1.29 is 9.32 Å². The molecule has 0 aliphatic heterocycles. The Balaban J connectivity index is 2.25. The molecule has 1 heterocycles. The largest absolute Gasteiger partial charge is 0.351 e. The fourth-order valence-electron chi connectivity index (χ4n) is 1.27. The number of hydrogen-bond donors (Lipinski definition) is 1. The molecule has 1 aromatic rings. The van der Waals surface area contributed by atoms with Crippen molar-refractivity contribution in [3.05, 3.63) is 17.5 Å². The predicted molar refractivity (Wildman–Crippen MR) is 57.6 cm³/mol. The van der Waals surface area contributed by atoms with Crippen molar-refractivity contribution in [3.8, 4) is 0 Å². The van der Waals surface area contributed by atoms with E-state index < -0.39 is 0 Å². The molecule has 0 aromatic carbocycles. The average molecular weight is 210 g/mol. The Morgan fingerprint density at radius 3 is 2.87 bits per heavy atom. The lowest BCUT2D eigenvalue weighted by Gasteiger charge is -2.04. The molecule has 4 heteroatoms. The molecule has 0 atom stereocenters. The average Bonchev–Trinajstić information content (AvgIpc) is 2.59. The second-order valence-corrected chi connectivity index (χ2v) is 4.12. The summed E-state index contributed by atoms with van der Waals surface area (Å²) in [4.78, 5) is 11.5. The summed E-state index contributed by atoms with van der Waals surface area (Å²) in [5.74, 6) is 0.783. The fraction of sp³-hybridized carbons (Fsp3) is 0.636. The van der Waals surface area contributed by atoms with Crippen molar-refractivity contribution in [1.82, 2.24) is 10.5 Å². The Hall–Kier alpha value is -1.32. The van der Waals surface area contributed by atoms with Crippen LogP contribution in [-0.2, 0) is 0 Å². The molecule has 0 saturated heterocycles. The first kappa shape index (κ1) is 11.8. The highest BCUT2D eigenvalue weighted by Gasteiger charge is 2.10. The van der Waals surface area contributed by atoms with Crippen LogP contribution in [0, 0.1) is 12.8 Å². The molecule has 15 heavy (non-hydrogen) atoms. The van der Waals surface area contributed by atoms with Crippen LogP contribution in [0.4, 0.5) is 0 Å². The van der Waals surface area contributed by atoms with Crippen molar-refractivity contribution in [1.29, 1.82) is 0 Å². The number of rotatable bonds is 5. The normalized spacial score (nSPS) is 10.7. The van der Waals surface area contributed by atoms with Crippen molar-refractivity contribution in [2.24, 2.45) is 5.92 Å². The van der Waals surface area contributed by atoms with E-state index in [0.717, 1.165) is 18.5 Å². The van der Waals surface area contributed by atoms with Crippen LogP contribution in [0.5, 0.6) is 0 Å². The zero-order valence-corrected chi connectivity index (χ0v) is 9.54. The van der Waals surface area contributed by atoms with Crippen LogP contribution in [-0.4, -0.2) is 17.6 Å². The van der Waals surface area contributed by atoms with E-state index in [9.17, 15) is 4.79 Å². The molecule has 1 rings (SSSR count). The lowest BCUT2D eigenvalue weighted by atomic mass is 10.1. The Kier molecular flexibility index (Phi) is 4.34. The maximum Gasteiger partial charge on any atom is 0.289 e. The number of aromatic nitrogens is 1. The molecule has 1 N–H and O–H groups in total. The summed E-state index contributed by atoms with van der Waals surface area (Å²) in [6.45, 7) is 6.82. The number of amides is 1. The van der Waals surface area contributed by atoms with Gasteiger partial charge >= 0.3 is 0 Å². The quantitative estimate of drug-likeness (QED) is 0.757. The van der Waals surface area contributed by atoms with Crippen LogP contribution < -0.4 is 5.32 Å². The van der Waals surface area contributed by atoms with Crippen LogP contribution in [0.1, 0.15) is 42.9 Å². The fourth-order valence-corrected chi connectivity index (χ4v) is 1.27. The topological polar surface area (TPSA) is 55.1 Å². The smallest absolute Gasteiger partial charge is 0.289 e. The van der Waals surface area contributed by atoms with Gasteiger partial charge in [0.25, 0.3) is 5.91 Å². The van der Waals surface area contributed by atoms with Gasteiger partial charge in [0.1, 0.15) is 0 Å². The lowest BCUT2D eigenvalue weighted by molar-refractivity contribution is 0.0915. The third kappa shape index (κ3) is 4.14. The zero-order valence-electron chi connectivity index (χ0n) is 9.54. The van der Waals surface area contributed by atoms with Crippen molar-refractivity contribution in [2.75, 3.05) is 6.54 Å². The molecule has 0 spiro atoms. The highest BCUT2D eigenvalue weighted by atomic mass is 16.5. The Bertz CT molecular complexity index is 318. The zero-order chi connectivity index (χ0) is 11.3. The molecule has 84 valence electrons. The SMILES string of the molecule is Cc1cc(C(=O)NCCCC(C)C)on1. The third-order valence-electron chi connectivity index (χ3n) is 2.10. The van der Waals surface area contributed by atoms with E-state index in [1.807, 2.05) is 0 Å². The van der Waals surface area contributed by atoms with Gasteiger partial charge < -0.3 is 9.84 Å². The highest BCUT2D eigenvalue weighted by Crippen LogP contribution is 2.03. The molecule has 0 radical (unpaired) electrons. The van der Waals surface area contributed by atoms with Crippen LogP contribution >= 0.6 is 0 Å². The molecule has 0 unspecified atom stereocenters. The minimum absolute atomic E-state index is 0.181. The Morgan fingerprint density at radius 1 is 1.60 bits per heavy atom. The summed E-state index contributed by atoms with van der Waals surface area (Å²) < 4.78 is 4.84. The Morgan fingerprint density at radius 2 is 2.33 bits per heavy atom. The first-order valence-electron chi connectivity index (χ1n) is 5.31. The summed E-state index contributed by atoms with van der Waals surface area (Å²) in [6.07, 6.45) is 2.12. The van der Waals surface area contributed by atoms with Crippen LogP contribution in [0.25, 0.3) is 0 Å². The summed E-state index contributed by atoms with van der Waals surface area (Å²) in [6, 6.07) is 1.64. The van der Waals surface area contributed by atoms with Gasteiger partial charge in [-0.05, 0) is 25.7 Å². The minimum Gasteiger partial charge on any atom is -0.351 e. The molecule has 0 saturated carbocycles. The van der Waals surface area contributed by atoms with Gasteiger partial charge in [-0.3, -0.25) is 4.79 Å². The van der Waals surface area contributed by atoms with Crippen LogP contribution in [0.3, 0.4) is 0 Å². The molecule has 0 bridgehead atoms. The number of carbonyl (C=O) groups is 1. The molecule has 1 amide bonds. The molecular formula is C11H18N2O2. The monoisotopic (exact) mass is 210 g/mol. The highest BCUT2D eigenvalue weighted by molar-refractivity contribution is 5.91. The van der Waals surface area contributed by atoms with Gasteiger partial charge in [-0.2, -0.15) is 0 Å². The minimum atomic E-state index is -0.181. The number of aryl methyl sites for hydroxylation is 1. The van der Waals surface area contributed by atoms with Crippen molar-refractivity contribution in [2.45, 2.75) is 33.6 Å². The molecule has 0 aliphatic carbocycles. The Labute approximate surface area is 90.0 Å². The van der Waals surface area contributed by atoms with Crippen molar-refractivity contribution >= 4 is 5.91 Å². The number of nitrogens with zero attached hydrogens (tertiary/aromatic N) is 1. The molecule has 0 aliphatic rings. The standard InChI is InChI=1S/C11H18N2O2/c1-8(2)5-4-6-12-11(14)10-7-9(3)13-15-10/h7-8H,4-6H2,1-3H3,(H,12,14). The second-order valence-electron chi connectivity index (χ2n) is 4.12. The van der Waals surface area contributed by atoms with E-state index in [1.54, 1.807) is 13.0 Å². The van der Waals surface area contributed by atoms with Gasteiger partial charge in [0.05, 0.1) is 5.69 Å². The van der Waals surface area contributed by atoms with Gasteiger partial charge in [-0.15, -0.1) is 0 Å². The van der Waals surface area contributed by atoms with Gasteiger partial charge in [0.2, 0.25) is 5.76 Å². The van der Waals surface area contributed by atoms with Gasteiger partial charge in [-0.25, -0.2) is 0 Å². The van der Waals surface area contributed by atoms with Crippen molar-refractivity contribution in [3.63, 3.8) is 0 Å². The number of hydrogen-bond acceptors (Lipinski definition) is 3. The lowest BCUT2D eigenvalue weighted by Crippen LogP contribution is -2.24. The molecular weight excluding hydrogens is 192 g/mol. The van der Waals surface area contributed by atoms with E-state index in [1.165, 1.54) is 0 Å². The van der Waals surface area contributed by atoms with Gasteiger partial charge in [0.15, 0.2) is 0 Å². The van der Waals surface area contributed by atoms with Crippen LogP contribution in [0.15, 0.2) is 10.6 Å². The number of carbonyl (C=O) groups excluding carboxylic acids is 1. The summed E-state index contributed by atoms with van der Waals surface area (Å²) in [5, 5.41) is 6.45. The predicted octanol–water partition coefficient (Wildman–Crippen LogP) is 2.15. The maximum atomic E-state index is 11.5. The summed E-state index contributed by atoms with van der Waals surface area (Å²) in [5.41, 5.74) is 0.724. The second kappa shape index (κ2) is 5.53. The summed E-state index contributed by atoms with van der Waals surface area (Å²) >= 11 is 0. The number of nitrogens with one attached hydrogen (secondary N) is 1. The molecule has 4 nitrogen and oxygen atoms in total. The van der Waals surface area contributed by atoms with E-state index in [4.69, 9.17) is 4.52 Å². The van der Waals surface area contributed by atoms with E-state index in [0.29, 0.717) is 12.5 Å². The first-order chi connectivity index (χ1) is 7.09. The first-order valence-corrected chi connectivity index (χ1v) is 5.31.